The predicted octanol–water partition coefficient (Wildman–Crippen LogP) is 8.31. The normalized spacial score (nSPS) is 11.9. The maximum absolute atomic E-state index is 3.50. The molecule has 3 aromatic carbocycles. The van der Waals surface area contributed by atoms with Crippen molar-refractivity contribution in [3.05, 3.63) is 76.9 Å². The summed E-state index contributed by atoms with van der Waals surface area (Å²) in [5.74, 6) is 1.91. The Kier molecular flexibility index (Phi) is 7.51. The van der Waals surface area contributed by atoms with Crippen LogP contribution in [-0.2, 0) is 0 Å². The molecule has 0 bridgehead atoms. The summed E-state index contributed by atoms with van der Waals surface area (Å²) < 4.78 is 1.27. The monoisotopic (exact) mass is 477 g/mol. The van der Waals surface area contributed by atoms with Crippen LogP contribution >= 0.6 is 0 Å². The first-order valence-electron chi connectivity index (χ1n) is 11.7. The molecule has 0 amide bonds. The predicted molar refractivity (Wildman–Crippen MR) is 139 cm³/mol. The van der Waals surface area contributed by atoms with Gasteiger partial charge >= 0.3 is 199 Å². The van der Waals surface area contributed by atoms with E-state index in [9.17, 15) is 0 Å². The summed E-state index contributed by atoms with van der Waals surface area (Å²) >= 11 is 3.50. The second-order valence-electron chi connectivity index (χ2n) is 9.92. The fourth-order valence-electron chi connectivity index (χ4n) is 4.65. The molecule has 3 rings (SSSR count). The molecule has 0 heterocycles. The van der Waals surface area contributed by atoms with Crippen molar-refractivity contribution in [2.24, 2.45) is 0 Å². The van der Waals surface area contributed by atoms with Gasteiger partial charge in [0.25, 0.3) is 0 Å². The van der Waals surface area contributed by atoms with Crippen LogP contribution in [0.15, 0.2) is 54.6 Å². The molecule has 0 aliphatic carbocycles. The average molecular weight is 477 g/mol. The van der Waals surface area contributed by atoms with E-state index in [1.54, 1.807) is 0 Å². The van der Waals surface area contributed by atoms with E-state index in [1.165, 1.54) is 49.0 Å². The molecule has 163 valence electrons. The molecular weight excluding hydrogens is 439 g/mol. The van der Waals surface area contributed by atoms with E-state index >= 15 is 0 Å². The van der Waals surface area contributed by atoms with Crippen molar-refractivity contribution in [2.45, 2.75) is 79.1 Å². The molecule has 0 atom stereocenters. The zero-order chi connectivity index (χ0) is 22.9. The number of hydrogen-bond donors (Lipinski definition) is 0. The molecule has 1 heteroatoms. The van der Waals surface area contributed by atoms with E-state index in [-0.39, 0.29) is 0 Å². The molecule has 31 heavy (non-hydrogen) atoms. The molecule has 0 N–H and O–H groups in total. The average Bonchev–Trinajstić information content (AvgIpc) is 2.72. The van der Waals surface area contributed by atoms with Crippen molar-refractivity contribution in [3.63, 3.8) is 0 Å². The fourth-order valence-corrected chi connectivity index (χ4v) is 5.37. The molecule has 0 spiro atoms. The van der Waals surface area contributed by atoms with Crippen molar-refractivity contribution in [1.82, 2.24) is 0 Å². The third-order valence-corrected chi connectivity index (χ3v) is 7.22. The van der Waals surface area contributed by atoms with Gasteiger partial charge in [0.15, 0.2) is 0 Å². The summed E-state index contributed by atoms with van der Waals surface area (Å²) in [4.78, 5) is 0. The summed E-state index contributed by atoms with van der Waals surface area (Å²) in [6, 6.07) is 20.5. The van der Waals surface area contributed by atoms with Gasteiger partial charge in [0.2, 0.25) is 0 Å². The van der Waals surface area contributed by atoms with Gasteiger partial charge in [-0.2, -0.15) is 0 Å². The molecule has 0 aliphatic heterocycles. The first kappa shape index (κ1) is 23.8. The van der Waals surface area contributed by atoms with Crippen LogP contribution < -0.4 is 4.46 Å². The van der Waals surface area contributed by atoms with Gasteiger partial charge in [0.1, 0.15) is 0 Å². The van der Waals surface area contributed by atoms with Gasteiger partial charge in [-0.1, -0.05) is 0 Å². The van der Waals surface area contributed by atoms with Gasteiger partial charge < -0.3 is 0 Å². The molecule has 0 unspecified atom stereocenters. The Hall–Kier alpha value is -1.82. The zero-order valence-electron chi connectivity index (χ0n) is 20.4. The van der Waals surface area contributed by atoms with Crippen LogP contribution in [0, 0.1) is 0 Å². The van der Waals surface area contributed by atoms with Crippen LogP contribution in [0.3, 0.4) is 0 Å². The zero-order valence-corrected chi connectivity index (χ0v) is 22.1. The van der Waals surface area contributed by atoms with Gasteiger partial charge in [-0.3, -0.25) is 0 Å². The Morgan fingerprint density at radius 2 is 0.710 bits per heavy atom. The Bertz CT molecular complexity index is 920. The van der Waals surface area contributed by atoms with Crippen molar-refractivity contribution in [3.8, 4) is 22.3 Å². The van der Waals surface area contributed by atoms with E-state index in [1.807, 2.05) is 0 Å². The standard InChI is InChI=1S/C30H37Se/c1-18(2)22-12-9-13-23(19(3)4)28(22)26-16-11-17-27(30(26)31)29-24(20(5)6)14-10-15-25(29)21(7)8/h9-21H,1-8H3. The molecule has 0 nitrogen and oxygen atoms in total. The molecule has 0 aliphatic rings. The number of benzene rings is 3. The first-order chi connectivity index (χ1) is 14.6. The summed E-state index contributed by atoms with van der Waals surface area (Å²) in [5.41, 5.74) is 11.2. The van der Waals surface area contributed by atoms with Crippen LogP contribution in [-0.4, -0.2) is 16.0 Å². The second kappa shape index (κ2) is 9.76. The Morgan fingerprint density at radius 1 is 0.452 bits per heavy atom. The SMILES string of the molecule is CC(C)c1cccc(C(C)C)c1-c1cccc(-c2c(C(C)C)cccc2C(C)C)c1[Se]. The van der Waals surface area contributed by atoms with Crippen molar-refractivity contribution in [2.75, 3.05) is 0 Å². The van der Waals surface area contributed by atoms with E-state index in [4.69, 9.17) is 0 Å². The number of rotatable bonds is 6. The van der Waals surface area contributed by atoms with Crippen molar-refractivity contribution >= 4 is 20.5 Å². The van der Waals surface area contributed by atoms with E-state index in [2.05, 4.69) is 126 Å². The van der Waals surface area contributed by atoms with Crippen LogP contribution in [0.5, 0.6) is 0 Å². The Morgan fingerprint density at radius 3 is 0.968 bits per heavy atom. The maximum atomic E-state index is 3.50. The third-order valence-electron chi connectivity index (χ3n) is 6.30. The minimum atomic E-state index is 0.478. The van der Waals surface area contributed by atoms with Crippen LogP contribution in [0.25, 0.3) is 22.3 Å². The molecule has 0 aromatic heterocycles. The molecule has 1 radical (unpaired) electrons. The molecule has 0 saturated heterocycles. The Balaban J connectivity index is 2.38. The van der Waals surface area contributed by atoms with Gasteiger partial charge in [-0.25, -0.2) is 0 Å². The van der Waals surface area contributed by atoms with Crippen LogP contribution in [0.2, 0.25) is 0 Å². The van der Waals surface area contributed by atoms with Gasteiger partial charge in [0.05, 0.1) is 0 Å². The minimum absolute atomic E-state index is 0.478. The van der Waals surface area contributed by atoms with Gasteiger partial charge in [-0.05, 0) is 0 Å². The third kappa shape index (κ3) is 4.69. The van der Waals surface area contributed by atoms with Gasteiger partial charge in [-0.15, -0.1) is 0 Å². The first-order valence-corrected chi connectivity index (χ1v) is 12.6. The quantitative estimate of drug-likeness (QED) is 0.314. The van der Waals surface area contributed by atoms with E-state index < -0.39 is 0 Å². The van der Waals surface area contributed by atoms with Crippen molar-refractivity contribution in [1.29, 1.82) is 0 Å². The molecule has 0 fully saturated rings. The molecular formula is C30H37Se. The van der Waals surface area contributed by atoms with Gasteiger partial charge in [0, 0.05) is 0 Å². The molecule has 3 aromatic rings. The summed E-state index contributed by atoms with van der Waals surface area (Å²) in [5, 5.41) is 0. The van der Waals surface area contributed by atoms with E-state index in [0.717, 1.165) is 0 Å². The van der Waals surface area contributed by atoms with Crippen LogP contribution in [0.1, 0.15) is 101 Å². The Labute approximate surface area is 198 Å². The summed E-state index contributed by atoms with van der Waals surface area (Å²) in [7, 11) is 0. The number of hydrogen-bond acceptors (Lipinski definition) is 0. The topological polar surface area (TPSA) is 0 Å². The summed E-state index contributed by atoms with van der Waals surface area (Å²) in [6.07, 6.45) is 0. The molecule has 0 saturated carbocycles. The van der Waals surface area contributed by atoms with Crippen LogP contribution in [0.4, 0.5) is 0 Å². The summed E-state index contributed by atoms with van der Waals surface area (Å²) in [6.45, 7) is 18.4. The second-order valence-corrected chi connectivity index (χ2v) is 10.8. The van der Waals surface area contributed by atoms with E-state index in [0.29, 0.717) is 23.7 Å². The fraction of sp³-hybridized carbons (Fsp3) is 0.400. The van der Waals surface area contributed by atoms with Crippen molar-refractivity contribution < 1.29 is 0 Å².